The van der Waals surface area contributed by atoms with Crippen LogP contribution < -0.4 is 10.1 Å². The quantitative estimate of drug-likeness (QED) is 0.892. The summed E-state index contributed by atoms with van der Waals surface area (Å²) in [5, 5.41) is 3.47. The minimum atomic E-state index is 0.0360. The predicted molar refractivity (Wildman–Crippen MR) is 109 cm³/mol. The third-order valence-electron chi connectivity index (χ3n) is 7.02. The van der Waals surface area contributed by atoms with Crippen LogP contribution >= 0.6 is 0 Å². The number of benzene rings is 2. The van der Waals surface area contributed by atoms with Gasteiger partial charge in [0.2, 0.25) is 5.91 Å². The van der Waals surface area contributed by atoms with Crippen molar-refractivity contribution >= 4 is 5.91 Å². The molecule has 3 aliphatic rings. The third-order valence-corrected chi connectivity index (χ3v) is 7.02. The lowest BCUT2D eigenvalue weighted by atomic mass is 9.78. The van der Waals surface area contributed by atoms with E-state index < -0.39 is 0 Å². The summed E-state index contributed by atoms with van der Waals surface area (Å²) in [6, 6.07) is 16.9. The average molecular weight is 377 g/mol. The normalized spacial score (nSPS) is 28.7. The van der Waals surface area contributed by atoms with E-state index in [0.29, 0.717) is 5.91 Å². The molecule has 1 heterocycles. The van der Waals surface area contributed by atoms with Crippen molar-refractivity contribution in [2.45, 2.75) is 37.1 Å². The number of piperazine rings is 1. The molecule has 2 aromatic rings. The standard InChI is InChI=1S/C24H28N2O2/c1-28-22-11-5-3-9-18(22)21-16-25-13-14-26(21)23(27)20-15-24(20)12-6-8-17-7-2-4-10-19(17)24/h2-5,7,9-11,20-21,25H,6,8,12-16H2,1H3. The fourth-order valence-electron chi connectivity index (χ4n) is 5.54. The summed E-state index contributed by atoms with van der Waals surface area (Å²) in [5.74, 6) is 1.32. The second-order valence-corrected chi connectivity index (χ2v) is 8.42. The molecular formula is C24H28N2O2. The van der Waals surface area contributed by atoms with Crippen molar-refractivity contribution < 1.29 is 9.53 Å². The van der Waals surface area contributed by atoms with Crippen LogP contribution in [-0.2, 0) is 16.6 Å². The first-order valence-corrected chi connectivity index (χ1v) is 10.5. The van der Waals surface area contributed by atoms with E-state index in [0.717, 1.165) is 50.2 Å². The number of hydrogen-bond acceptors (Lipinski definition) is 3. The molecule has 2 aliphatic carbocycles. The first-order valence-electron chi connectivity index (χ1n) is 10.5. The number of fused-ring (bicyclic) bond motifs is 2. The van der Waals surface area contributed by atoms with Crippen LogP contribution in [0.5, 0.6) is 5.75 Å². The number of ether oxygens (including phenoxy) is 1. The Balaban J connectivity index is 1.44. The number of hydrogen-bond donors (Lipinski definition) is 1. The van der Waals surface area contributed by atoms with Crippen LogP contribution in [0.25, 0.3) is 0 Å². The van der Waals surface area contributed by atoms with Crippen LogP contribution in [0.2, 0.25) is 0 Å². The molecular weight excluding hydrogens is 348 g/mol. The average Bonchev–Trinajstić information content (AvgIpc) is 3.48. The number of carbonyl (C=O) groups is 1. The maximum Gasteiger partial charge on any atom is 0.227 e. The molecule has 5 rings (SSSR count). The Morgan fingerprint density at radius 3 is 2.89 bits per heavy atom. The molecule has 1 saturated heterocycles. The molecule has 3 unspecified atom stereocenters. The first kappa shape index (κ1) is 17.7. The van der Waals surface area contributed by atoms with E-state index in [1.165, 1.54) is 17.5 Å². The fraction of sp³-hybridized carbons (Fsp3) is 0.458. The summed E-state index contributed by atoms with van der Waals surface area (Å²) in [6.07, 6.45) is 4.49. The highest BCUT2D eigenvalue weighted by atomic mass is 16.5. The van der Waals surface area contributed by atoms with Gasteiger partial charge in [-0.25, -0.2) is 0 Å². The van der Waals surface area contributed by atoms with Gasteiger partial charge in [-0.2, -0.15) is 0 Å². The largest absolute Gasteiger partial charge is 0.496 e. The highest BCUT2D eigenvalue weighted by Gasteiger charge is 2.61. The van der Waals surface area contributed by atoms with Crippen molar-refractivity contribution in [3.63, 3.8) is 0 Å². The molecule has 2 aromatic carbocycles. The number of para-hydroxylation sites is 1. The summed E-state index contributed by atoms with van der Waals surface area (Å²) >= 11 is 0. The van der Waals surface area contributed by atoms with Gasteiger partial charge in [0.15, 0.2) is 0 Å². The highest BCUT2D eigenvalue weighted by Crippen LogP contribution is 2.61. The second-order valence-electron chi connectivity index (χ2n) is 8.42. The van der Waals surface area contributed by atoms with E-state index in [1.54, 1.807) is 7.11 Å². The van der Waals surface area contributed by atoms with E-state index in [-0.39, 0.29) is 17.4 Å². The molecule has 1 aliphatic heterocycles. The van der Waals surface area contributed by atoms with Crippen molar-refractivity contribution in [1.82, 2.24) is 10.2 Å². The number of rotatable bonds is 3. The maximum atomic E-state index is 13.7. The van der Waals surface area contributed by atoms with Crippen molar-refractivity contribution in [3.05, 3.63) is 65.2 Å². The number of amides is 1. The van der Waals surface area contributed by atoms with Gasteiger partial charge in [0.05, 0.1) is 13.2 Å². The van der Waals surface area contributed by atoms with E-state index in [2.05, 4.69) is 40.5 Å². The Bertz CT molecular complexity index is 896. The minimum absolute atomic E-state index is 0.0360. The number of nitrogens with zero attached hydrogens (tertiary/aromatic N) is 1. The molecule has 4 heteroatoms. The van der Waals surface area contributed by atoms with E-state index >= 15 is 0 Å². The minimum Gasteiger partial charge on any atom is -0.496 e. The summed E-state index contributed by atoms with van der Waals surface area (Å²) in [4.78, 5) is 15.8. The lowest BCUT2D eigenvalue weighted by molar-refractivity contribution is -0.136. The molecule has 0 bridgehead atoms. The van der Waals surface area contributed by atoms with Crippen LogP contribution in [0.3, 0.4) is 0 Å². The van der Waals surface area contributed by atoms with Gasteiger partial charge in [-0.1, -0.05) is 42.5 Å². The number of nitrogens with one attached hydrogen (secondary N) is 1. The van der Waals surface area contributed by atoms with Gasteiger partial charge in [0.1, 0.15) is 5.75 Å². The second kappa shape index (κ2) is 6.93. The molecule has 28 heavy (non-hydrogen) atoms. The van der Waals surface area contributed by atoms with E-state index in [9.17, 15) is 4.79 Å². The van der Waals surface area contributed by atoms with Crippen molar-refractivity contribution in [1.29, 1.82) is 0 Å². The van der Waals surface area contributed by atoms with Crippen molar-refractivity contribution in [3.8, 4) is 5.75 Å². The number of methoxy groups -OCH3 is 1. The zero-order chi connectivity index (χ0) is 19.1. The van der Waals surface area contributed by atoms with Gasteiger partial charge in [0.25, 0.3) is 0 Å². The topological polar surface area (TPSA) is 41.6 Å². The number of aryl methyl sites for hydroxylation is 1. The van der Waals surface area contributed by atoms with Crippen LogP contribution in [0.15, 0.2) is 48.5 Å². The molecule has 1 spiro atoms. The molecule has 146 valence electrons. The lowest BCUT2D eigenvalue weighted by Crippen LogP contribution is -2.50. The van der Waals surface area contributed by atoms with Crippen LogP contribution in [0, 0.1) is 5.92 Å². The van der Waals surface area contributed by atoms with Gasteiger partial charge in [-0.15, -0.1) is 0 Å². The molecule has 1 saturated carbocycles. The molecule has 1 N–H and O–H groups in total. The van der Waals surface area contributed by atoms with Crippen LogP contribution in [-0.4, -0.2) is 37.6 Å². The molecule has 2 fully saturated rings. The zero-order valence-electron chi connectivity index (χ0n) is 16.5. The summed E-state index contributed by atoms with van der Waals surface area (Å²) in [7, 11) is 1.70. The molecule has 3 atom stereocenters. The first-order chi connectivity index (χ1) is 13.7. The van der Waals surface area contributed by atoms with Gasteiger partial charge >= 0.3 is 0 Å². The highest BCUT2D eigenvalue weighted by molar-refractivity contribution is 5.85. The Morgan fingerprint density at radius 2 is 2.00 bits per heavy atom. The van der Waals surface area contributed by atoms with Crippen LogP contribution in [0.1, 0.15) is 42.0 Å². The Hall–Kier alpha value is -2.33. The molecule has 0 aromatic heterocycles. The zero-order valence-corrected chi connectivity index (χ0v) is 16.5. The summed E-state index contributed by atoms with van der Waals surface area (Å²) in [6.45, 7) is 2.39. The lowest BCUT2D eigenvalue weighted by Gasteiger charge is -2.38. The Kier molecular flexibility index (Phi) is 4.39. The fourth-order valence-corrected chi connectivity index (χ4v) is 5.54. The number of carbonyl (C=O) groups excluding carboxylic acids is 1. The third kappa shape index (κ3) is 2.74. The summed E-state index contributed by atoms with van der Waals surface area (Å²) in [5.41, 5.74) is 4.07. The molecule has 4 nitrogen and oxygen atoms in total. The molecule has 0 radical (unpaired) electrons. The molecule has 1 amide bonds. The maximum absolute atomic E-state index is 13.7. The monoisotopic (exact) mass is 376 g/mol. The Morgan fingerprint density at radius 1 is 1.18 bits per heavy atom. The van der Waals surface area contributed by atoms with E-state index in [4.69, 9.17) is 4.74 Å². The van der Waals surface area contributed by atoms with Gasteiger partial charge in [0, 0.05) is 36.5 Å². The predicted octanol–water partition coefficient (Wildman–Crippen LogP) is 3.46. The van der Waals surface area contributed by atoms with Crippen molar-refractivity contribution in [2.75, 3.05) is 26.7 Å². The van der Waals surface area contributed by atoms with Gasteiger partial charge in [-0.05, 0) is 42.9 Å². The van der Waals surface area contributed by atoms with E-state index in [1.807, 2.05) is 18.2 Å². The SMILES string of the molecule is COc1ccccc1C1CNCCN1C(=O)C1CC12CCCc1ccccc12. The summed E-state index contributed by atoms with van der Waals surface area (Å²) < 4.78 is 5.59. The van der Waals surface area contributed by atoms with Gasteiger partial charge < -0.3 is 15.0 Å². The Labute approximate surface area is 166 Å². The smallest absolute Gasteiger partial charge is 0.227 e. The van der Waals surface area contributed by atoms with Crippen LogP contribution in [0.4, 0.5) is 0 Å². The van der Waals surface area contributed by atoms with Crippen molar-refractivity contribution in [2.24, 2.45) is 5.92 Å². The van der Waals surface area contributed by atoms with Gasteiger partial charge in [-0.3, -0.25) is 4.79 Å².